The number of benzene rings is 1. The molecule has 0 radical (unpaired) electrons. The Bertz CT molecular complexity index is 516. The molecule has 0 amide bonds. The second-order valence-corrected chi connectivity index (χ2v) is 4.82. The third-order valence-electron chi connectivity index (χ3n) is 2.71. The topological polar surface area (TPSA) is 32.9 Å². The van der Waals surface area contributed by atoms with Crippen molar-refractivity contribution in [2.75, 3.05) is 12.0 Å². The fraction of sp³-hybridized carbons (Fsp3) is 0.308. The number of carbonyl (C=O) groups is 1. The van der Waals surface area contributed by atoms with Gasteiger partial charge in [-0.3, -0.25) is 4.79 Å². The maximum absolute atomic E-state index is 12.1. The van der Waals surface area contributed by atoms with Crippen LogP contribution >= 0.6 is 11.8 Å². The van der Waals surface area contributed by atoms with Gasteiger partial charge in [0.15, 0.2) is 5.78 Å². The lowest BCUT2D eigenvalue weighted by atomic mass is 10.1. The van der Waals surface area contributed by atoms with Crippen molar-refractivity contribution in [1.82, 2.24) is 4.98 Å². The van der Waals surface area contributed by atoms with Gasteiger partial charge >= 0.3 is 0 Å². The number of nitrogens with one attached hydrogen (secondary N) is 1. The highest BCUT2D eigenvalue weighted by Crippen LogP contribution is 2.23. The molecular formula is C13H15NOS. The van der Waals surface area contributed by atoms with Crippen LogP contribution in [-0.2, 0) is 0 Å². The summed E-state index contributed by atoms with van der Waals surface area (Å²) in [4.78, 5) is 15.3. The lowest BCUT2D eigenvalue weighted by Gasteiger charge is -1.99. The molecule has 0 saturated heterocycles. The van der Waals surface area contributed by atoms with E-state index in [9.17, 15) is 4.79 Å². The van der Waals surface area contributed by atoms with Gasteiger partial charge in [-0.05, 0) is 19.2 Å². The van der Waals surface area contributed by atoms with Crippen LogP contribution in [0.5, 0.6) is 0 Å². The number of aryl methyl sites for hydroxylation is 1. The quantitative estimate of drug-likeness (QED) is 0.821. The van der Waals surface area contributed by atoms with Crippen LogP contribution in [0.3, 0.4) is 0 Å². The molecule has 0 aliphatic carbocycles. The minimum absolute atomic E-state index is 0.240. The Morgan fingerprint density at radius 1 is 1.38 bits per heavy atom. The molecule has 2 rings (SSSR count). The predicted molar refractivity (Wildman–Crippen MR) is 70.4 cm³/mol. The van der Waals surface area contributed by atoms with Gasteiger partial charge in [0.2, 0.25) is 0 Å². The molecule has 0 spiro atoms. The summed E-state index contributed by atoms with van der Waals surface area (Å²) in [5.74, 6) is 1.13. The Balaban J connectivity index is 2.43. The van der Waals surface area contributed by atoms with Crippen LogP contribution in [0, 0.1) is 6.92 Å². The molecule has 0 saturated carbocycles. The van der Waals surface area contributed by atoms with Gasteiger partial charge in [-0.2, -0.15) is 11.8 Å². The van der Waals surface area contributed by atoms with Crippen molar-refractivity contribution in [1.29, 1.82) is 0 Å². The van der Waals surface area contributed by atoms with Crippen LogP contribution in [0.15, 0.2) is 24.3 Å². The summed E-state index contributed by atoms with van der Waals surface area (Å²) >= 11 is 1.71. The first kappa shape index (κ1) is 11.3. The number of aromatic amines is 1. The third-order valence-corrected chi connectivity index (χ3v) is 3.32. The Kier molecular flexibility index (Phi) is 3.34. The van der Waals surface area contributed by atoms with Crippen molar-refractivity contribution in [3.63, 3.8) is 0 Å². The van der Waals surface area contributed by atoms with Gasteiger partial charge in [0.05, 0.1) is 0 Å². The van der Waals surface area contributed by atoms with E-state index in [2.05, 4.69) is 4.98 Å². The molecule has 0 aliphatic heterocycles. The van der Waals surface area contributed by atoms with E-state index in [1.165, 1.54) is 0 Å². The number of hydrogen-bond donors (Lipinski definition) is 1. The summed E-state index contributed by atoms with van der Waals surface area (Å²) in [7, 11) is 0. The number of thioether (sulfide) groups is 1. The molecule has 84 valence electrons. The van der Waals surface area contributed by atoms with Gasteiger partial charge in [-0.15, -0.1) is 0 Å². The van der Waals surface area contributed by atoms with E-state index >= 15 is 0 Å². The first-order valence-electron chi connectivity index (χ1n) is 5.33. The van der Waals surface area contributed by atoms with Gasteiger partial charge in [0.1, 0.15) is 0 Å². The van der Waals surface area contributed by atoms with Gasteiger partial charge in [0.25, 0.3) is 0 Å². The Labute approximate surface area is 99.4 Å². The van der Waals surface area contributed by atoms with E-state index in [4.69, 9.17) is 0 Å². The molecule has 0 fully saturated rings. The number of hydrogen-bond acceptors (Lipinski definition) is 2. The number of aromatic nitrogens is 1. The first-order chi connectivity index (χ1) is 7.74. The van der Waals surface area contributed by atoms with Crippen LogP contribution in [0.1, 0.15) is 22.5 Å². The molecule has 1 aromatic heterocycles. The van der Waals surface area contributed by atoms with Crippen molar-refractivity contribution >= 4 is 28.4 Å². The predicted octanol–water partition coefficient (Wildman–Crippen LogP) is 3.41. The first-order valence-corrected chi connectivity index (χ1v) is 6.73. The molecule has 2 nitrogen and oxygen atoms in total. The van der Waals surface area contributed by atoms with Crippen molar-refractivity contribution < 1.29 is 4.79 Å². The summed E-state index contributed by atoms with van der Waals surface area (Å²) < 4.78 is 0. The molecule has 0 unspecified atom stereocenters. The largest absolute Gasteiger partial charge is 0.358 e. The second kappa shape index (κ2) is 4.74. The van der Waals surface area contributed by atoms with Gasteiger partial charge in [-0.1, -0.05) is 18.2 Å². The number of H-pyrrole nitrogens is 1. The van der Waals surface area contributed by atoms with E-state index in [0.29, 0.717) is 6.42 Å². The van der Waals surface area contributed by atoms with Gasteiger partial charge in [0, 0.05) is 34.3 Å². The molecule has 0 atom stereocenters. The molecule has 16 heavy (non-hydrogen) atoms. The molecule has 2 aromatic rings. The molecule has 1 aromatic carbocycles. The standard InChI is InChI=1S/C13H15NOS/c1-9-13(12(15)7-8-16-2)10-5-3-4-6-11(10)14-9/h3-6,14H,7-8H2,1-2H3. The van der Waals surface area contributed by atoms with Crippen molar-refractivity contribution in [2.24, 2.45) is 0 Å². The summed E-state index contributed by atoms with van der Waals surface area (Å²) in [5, 5.41) is 1.05. The van der Waals surface area contributed by atoms with E-state index < -0.39 is 0 Å². The Morgan fingerprint density at radius 3 is 2.88 bits per heavy atom. The fourth-order valence-corrected chi connectivity index (χ4v) is 2.35. The second-order valence-electron chi connectivity index (χ2n) is 3.84. The number of Topliss-reactive ketones (excluding diaryl/α,β-unsaturated/α-hetero) is 1. The van der Waals surface area contributed by atoms with Gasteiger partial charge < -0.3 is 4.98 Å². The van der Waals surface area contributed by atoms with E-state index in [0.717, 1.165) is 27.9 Å². The summed E-state index contributed by atoms with van der Waals surface area (Å²) in [6.07, 6.45) is 2.64. The molecule has 3 heteroatoms. The van der Waals surface area contributed by atoms with Crippen LogP contribution in [0.2, 0.25) is 0 Å². The zero-order valence-corrected chi connectivity index (χ0v) is 10.4. The smallest absolute Gasteiger partial charge is 0.166 e. The lowest BCUT2D eigenvalue weighted by Crippen LogP contribution is -2.01. The SMILES string of the molecule is CSCCC(=O)c1c(C)[nH]c2ccccc12. The van der Waals surface area contributed by atoms with Crippen LogP contribution in [0.4, 0.5) is 0 Å². The summed E-state index contributed by atoms with van der Waals surface area (Å²) in [6, 6.07) is 7.97. The number of fused-ring (bicyclic) bond motifs is 1. The van der Waals surface area contributed by atoms with Gasteiger partial charge in [-0.25, -0.2) is 0 Å². The van der Waals surface area contributed by atoms with E-state index in [1.807, 2.05) is 37.4 Å². The summed E-state index contributed by atoms with van der Waals surface area (Å²) in [6.45, 7) is 1.96. The highest BCUT2D eigenvalue weighted by molar-refractivity contribution is 7.98. The Morgan fingerprint density at radius 2 is 2.12 bits per heavy atom. The zero-order valence-electron chi connectivity index (χ0n) is 9.54. The average molecular weight is 233 g/mol. The van der Waals surface area contributed by atoms with Crippen molar-refractivity contribution in [2.45, 2.75) is 13.3 Å². The number of rotatable bonds is 4. The van der Waals surface area contributed by atoms with E-state index in [1.54, 1.807) is 11.8 Å². The average Bonchev–Trinajstić information content (AvgIpc) is 2.62. The van der Waals surface area contributed by atoms with Crippen molar-refractivity contribution in [3.8, 4) is 0 Å². The summed E-state index contributed by atoms with van der Waals surface area (Å²) in [5.41, 5.74) is 2.89. The minimum Gasteiger partial charge on any atom is -0.358 e. The van der Waals surface area contributed by atoms with E-state index in [-0.39, 0.29) is 5.78 Å². The highest BCUT2D eigenvalue weighted by Gasteiger charge is 2.14. The number of ketones is 1. The highest BCUT2D eigenvalue weighted by atomic mass is 32.2. The molecule has 1 N–H and O–H groups in total. The van der Waals surface area contributed by atoms with Crippen molar-refractivity contribution in [3.05, 3.63) is 35.5 Å². The zero-order chi connectivity index (χ0) is 11.5. The number of carbonyl (C=O) groups excluding carboxylic acids is 1. The maximum atomic E-state index is 12.1. The monoisotopic (exact) mass is 233 g/mol. The molecule has 0 bridgehead atoms. The maximum Gasteiger partial charge on any atom is 0.166 e. The Hall–Kier alpha value is -1.22. The lowest BCUT2D eigenvalue weighted by molar-refractivity contribution is 0.0990. The molecule has 1 heterocycles. The minimum atomic E-state index is 0.240. The molecular weight excluding hydrogens is 218 g/mol. The molecule has 0 aliphatic rings. The normalized spacial score (nSPS) is 10.9. The van der Waals surface area contributed by atoms with Crippen LogP contribution in [-0.4, -0.2) is 22.8 Å². The van der Waals surface area contributed by atoms with Crippen LogP contribution < -0.4 is 0 Å². The fourth-order valence-electron chi connectivity index (χ4n) is 1.96. The number of para-hydroxylation sites is 1. The van der Waals surface area contributed by atoms with Crippen LogP contribution in [0.25, 0.3) is 10.9 Å². The third kappa shape index (κ3) is 2.00.